The molecule has 3 N–H and O–H groups in total. The summed E-state index contributed by atoms with van der Waals surface area (Å²) in [6.45, 7) is 0.586. The summed E-state index contributed by atoms with van der Waals surface area (Å²) in [5.74, 6) is -4.53. The Morgan fingerprint density at radius 1 is 0.648 bits per heavy atom. The molecule has 0 spiro atoms. The molecule has 17 nitrogen and oxygen atoms in total. The van der Waals surface area contributed by atoms with Crippen LogP contribution in [0.15, 0.2) is 58.8 Å². The third kappa shape index (κ3) is 21.2. The lowest BCUT2D eigenvalue weighted by Crippen LogP contribution is -2.42. The van der Waals surface area contributed by atoms with Crippen molar-refractivity contribution in [3.8, 4) is 0 Å². The van der Waals surface area contributed by atoms with Crippen molar-refractivity contribution < 1.29 is 48.6 Å². The Balaban J connectivity index is 0.000000540. The van der Waals surface area contributed by atoms with Gasteiger partial charge in [-0.1, -0.05) is 58.8 Å². The van der Waals surface area contributed by atoms with Crippen LogP contribution in [-0.2, 0) is 41.6 Å². The van der Waals surface area contributed by atoms with E-state index in [0.717, 1.165) is 23.7 Å². The lowest BCUT2D eigenvalue weighted by atomic mass is 9.92. The highest BCUT2D eigenvalue weighted by molar-refractivity contribution is 5.92. The van der Waals surface area contributed by atoms with Crippen molar-refractivity contribution in [2.45, 2.75) is 89.5 Å². The van der Waals surface area contributed by atoms with Crippen LogP contribution in [0.4, 0.5) is 0 Å². The Labute approximate surface area is 311 Å². The molecule has 0 aliphatic carbocycles. The molecule has 2 rings (SSSR count). The van der Waals surface area contributed by atoms with Gasteiger partial charge in [0.15, 0.2) is 5.78 Å². The lowest BCUT2D eigenvalue weighted by Gasteiger charge is -2.16. The molecule has 17 heteroatoms. The highest BCUT2D eigenvalue weighted by Gasteiger charge is 2.24. The van der Waals surface area contributed by atoms with Crippen molar-refractivity contribution in [2.24, 2.45) is 16.1 Å². The molecule has 2 atom stereocenters. The van der Waals surface area contributed by atoms with Crippen molar-refractivity contribution in [2.75, 3.05) is 13.1 Å². The van der Waals surface area contributed by atoms with E-state index in [1.54, 1.807) is 48.5 Å². The van der Waals surface area contributed by atoms with Gasteiger partial charge in [-0.2, -0.15) is 0 Å². The quantitative estimate of drug-likeness (QED) is 0.0316. The van der Waals surface area contributed by atoms with E-state index in [9.17, 15) is 43.5 Å². The van der Waals surface area contributed by atoms with Gasteiger partial charge in [0.05, 0.1) is 18.4 Å². The van der Waals surface area contributed by atoms with Gasteiger partial charge in [0.1, 0.15) is 24.1 Å². The molecule has 0 saturated carbocycles. The van der Waals surface area contributed by atoms with Gasteiger partial charge in [0, 0.05) is 72.6 Å². The van der Waals surface area contributed by atoms with Crippen LogP contribution in [0.2, 0.25) is 0 Å². The van der Waals surface area contributed by atoms with Crippen LogP contribution in [0.25, 0.3) is 20.9 Å². The number of carboxylic acid groups (broad SMARTS) is 2. The zero-order chi connectivity index (χ0) is 40.1. The van der Waals surface area contributed by atoms with Crippen LogP contribution < -0.4 is 5.32 Å². The number of hydrogen-bond donors (Lipinski definition) is 3. The van der Waals surface area contributed by atoms with Crippen molar-refractivity contribution in [3.05, 3.63) is 91.7 Å². The predicted molar refractivity (Wildman–Crippen MR) is 196 cm³/mol. The molecule has 0 radical (unpaired) electrons. The zero-order valence-corrected chi connectivity index (χ0v) is 29.9. The predicted octanol–water partition coefficient (Wildman–Crippen LogP) is 5.97. The molecular weight excluding hydrogens is 702 g/mol. The number of azide groups is 2. The summed E-state index contributed by atoms with van der Waals surface area (Å²) in [6, 6.07) is 12.5. The van der Waals surface area contributed by atoms with Crippen molar-refractivity contribution >= 4 is 47.8 Å². The fourth-order valence-corrected chi connectivity index (χ4v) is 5.00. The molecule has 0 bridgehead atoms. The van der Waals surface area contributed by atoms with E-state index in [1.165, 1.54) is 0 Å². The van der Waals surface area contributed by atoms with Crippen molar-refractivity contribution in [3.63, 3.8) is 0 Å². The number of unbranched alkanes of at least 4 members (excludes halogenated alkanes) is 2. The number of benzene rings is 2. The highest BCUT2D eigenvalue weighted by Crippen LogP contribution is 2.16. The number of nitrogens with zero attached hydrogens (tertiary/aromatic N) is 6. The number of Topliss-reactive ketones (excluding diaryl/α,β-unsaturated/α-hetero) is 3. The summed E-state index contributed by atoms with van der Waals surface area (Å²) >= 11 is 0. The molecule has 0 saturated heterocycles. The largest absolute Gasteiger partial charge is 0.481 e. The molecule has 0 aliphatic rings. The number of carboxylic acids is 2. The van der Waals surface area contributed by atoms with Gasteiger partial charge in [-0.05, 0) is 60.7 Å². The highest BCUT2D eigenvalue weighted by atomic mass is 16.4. The molecule has 0 aromatic heterocycles. The minimum Gasteiger partial charge on any atom is -0.481 e. The number of carbonyl (C=O) groups is 8. The van der Waals surface area contributed by atoms with Gasteiger partial charge >= 0.3 is 11.9 Å². The Hall–Kier alpha value is -6.18. The SMILES string of the molecule is [N-]=[N+]=NCCCCC(=O)CC(CC(=O)CCc1ccc(C=O)cc1)C(=O)O.[N-]=[N+]=NCCCCC(=O)NC(CC(=O)O)C(=O)CCc1ccc(C=O)cc1. The Morgan fingerprint density at radius 3 is 1.56 bits per heavy atom. The fraction of sp³-hybridized carbons (Fsp3) is 0.459. The number of amides is 1. The van der Waals surface area contributed by atoms with Crippen LogP contribution in [-0.4, -0.2) is 77.1 Å². The van der Waals surface area contributed by atoms with Gasteiger partial charge < -0.3 is 15.5 Å². The summed E-state index contributed by atoms with van der Waals surface area (Å²) < 4.78 is 0. The normalized spacial score (nSPS) is 11.2. The number of ketones is 3. The third-order valence-corrected chi connectivity index (χ3v) is 7.99. The number of nitrogens with one attached hydrogen (secondary N) is 1. The maximum absolute atomic E-state index is 12.3. The summed E-state index contributed by atoms with van der Waals surface area (Å²) in [6.07, 6.45) is 4.17. The van der Waals surface area contributed by atoms with Crippen LogP contribution in [0.5, 0.6) is 0 Å². The number of rotatable bonds is 27. The second kappa shape index (κ2) is 27.5. The number of hydrogen-bond acceptors (Lipinski definition) is 10. The maximum atomic E-state index is 12.3. The molecule has 1 amide bonds. The van der Waals surface area contributed by atoms with Gasteiger partial charge in [0.25, 0.3) is 0 Å². The van der Waals surface area contributed by atoms with E-state index in [-0.39, 0.29) is 62.4 Å². The molecule has 54 heavy (non-hydrogen) atoms. The van der Waals surface area contributed by atoms with E-state index in [2.05, 4.69) is 25.4 Å². The number of carbonyl (C=O) groups excluding carboxylic acids is 6. The Bertz CT molecular complexity index is 1670. The monoisotopic (exact) mass is 747 g/mol. The molecule has 0 heterocycles. The van der Waals surface area contributed by atoms with E-state index < -0.39 is 36.2 Å². The van der Waals surface area contributed by atoms with Gasteiger partial charge in [-0.3, -0.25) is 38.4 Å². The first-order chi connectivity index (χ1) is 25.9. The molecular formula is C37H45N7O10. The smallest absolute Gasteiger partial charge is 0.307 e. The van der Waals surface area contributed by atoms with Gasteiger partial charge in [-0.15, -0.1) is 0 Å². The Kier molecular flexibility index (Phi) is 23.3. The van der Waals surface area contributed by atoms with Gasteiger partial charge in [-0.25, -0.2) is 0 Å². The third-order valence-electron chi connectivity index (χ3n) is 7.99. The van der Waals surface area contributed by atoms with E-state index in [4.69, 9.17) is 16.2 Å². The maximum Gasteiger partial charge on any atom is 0.307 e. The first-order valence-corrected chi connectivity index (χ1v) is 17.3. The first kappa shape index (κ1) is 45.8. The van der Waals surface area contributed by atoms with Crippen molar-refractivity contribution in [1.82, 2.24) is 5.32 Å². The molecule has 2 aromatic carbocycles. The van der Waals surface area contributed by atoms with E-state index in [0.29, 0.717) is 56.2 Å². The van der Waals surface area contributed by atoms with Crippen LogP contribution in [0.3, 0.4) is 0 Å². The first-order valence-electron chi connectivity index (χ1n) is 17.3. The summed E-state index contributed by atoms with van der Waals surface area (Å²) in [7, 11) is 0. The topological polar surface area (TPSA) is 287 Å². The summed E-state index contributed by atoms with van der Waals surface area (Å²) in [4.78, 5) is 97.1. The summed E-state index contributed by atoms with van der Waals surface area (Å²) in [5, 5.41) is 27.4. The number of aliphatic carboxylic acids is 2. The van der Waals surface area contributed by atoms with E-state index >= 15 is 0 Å². The Morgan fingerprint density at radius 2 is 1.11 bits per heavy atom. The number of aldehydes is 2. The van der Waals surface area contributed by atoms with Crippen LogP contribution in [0, 0.1) is 5.92 Å². The molecule has 0 aliphatic heterocycles. The zero-order valence-electron chi connectivity index (χ0n) is 29.9. The second-order valence-electron chi connectivity index (χ2n) is 12.2. The lowest BCUT2D eigenvalue weighted by molar-refractivity contribution is -0.145. The minimum atomic E-state index is -1.17. The number of aryl methyl sites for hydroxylation is 2. The van der Waals surface area contributed by atoms with Crippen LogP contribution in [0.1, 0.15) is 102 Å². The van der Waals surface area contributed by atoms with Crippen molar-refractivity contribution in [1.29, 1.82) is 0 Å². The van der Waals surface area contributed by atoms with Gasteiger partial charge in [0.2, 0.25) is 5.91 Å². The molecule has 288 valence electrons. The molecule has 2 unspecified atom stereocenters. The molecule has 0 fully saturated rings. The average molecular weight is 748 g/mol. The summed E-state index contributed by atoms with van der Waals surface area (Å²) in [5.41, 5.74) is 19.1. The molecule has 2 aromatic rings. The standard InChI is InChI=1S/C19H23N3O5.C18H22N4O5/c20-22-21-10-2-1-3-17(24)11-16(19(26)27)12-18(25)9-8-14-4-6-15(13-23)7-5-14;19-22-20-10-2-1-3-17(25)21-15(11-18(26)27)16(24)9-8-13-4-6-14(12-23)7-5-13/h4-7,13,16H,1-3,8-12H2,(H,26,27);4-7,12,15H,1-3,8-11H2,(H,21,25)(H,26,27). The minimum absolute atomic E-state index is 0.0789. The van der Waals surface area contributed by atoms with Crippen LogP contribution >= 0.6 is 0 Å². The average Bonchev–Trinajstić information content (AvgIpc) is 3.15. The fourth-order valence-electron chi connectivity index (χ4n) is 5.00. The second-order valence-corrected chi connectivity index (χ2v) is 12.2. The van der Waals surface area contributed by atoms with E-state index in [1.807, 2.05) is 0 Å².